The van der Waals surface area contributed by atoms with Crippen LogP contribution in [0.4, 0.5) is 0 Å². The van der Waals surface area contributed by atoms with E-state index in [0.717, 1.165) is 30.3 Å². The van der Waals surface area contributed by atoms with Crippen molar-refractivity contribution in [2.45, 2.75) is 38.8 Å². The highest BCUT2D eigenvalue weighted by atomic mass is 35.5. The average Bonchev–Trinajstić information content (AvgIpc) is 3.04. The molecule has 1 heterocycles. The van der Waals surface area contributed by atoms with Crippen LogP contribution in [0.5, 0.6) is 0 Å². The molecule has 1 N–H and O–H groups in total. The van der Waals surface area contributed by atoms with E-state index in [-0.39, 0.29) is 17.8 Å². The number of halogens is 1. The summed E-state index contributed by atoms with van der Waals surface area (Å²) in [6.45, 7) is 2.71. The highest BCUT2D eigenvalue weighted by Gasteiger charge is 2.31. The summed E-state index contributed by atoms with van der Waals surface area (Å²) in [5, 5.41) is 1.29. The van der Waals surface area contributed by atoms with Crippen LogP contribution in [0.3, 0.4) is 0 Å². The first-order chi connectivity index (χ1) is 12.7. The lowest BCUT2D eigenvalue weighted by Gasteiger charge is -2.34. The number of hydrogen-bond acceptors (Lipinski definition) is 1. The van der Waals surface area contributed by atoms with Crippen molar-refractivity contribution in [1.29, 1.82) is 0 Å². The Morgan fingerprint density at radius 1 is 1.23 bits per heavy atom. The third-order valence-electron chi connectivity index (χ3n) is 5.34. The number of benzene rings is 2. The average molecular weight is 367 g/mol. The second-order valence-electron chi connectivity index (χ2n) is 7.12. The lowest BCUT2D eigenvalue weighted by atomic mass is 9.90. The largest absolute Gasteiger partial charge is 0.356 e. The quantitative estimate of drug-likeness (QED) is 0.639. The smallest absolute Gasteiger partial charge is 0.238 e. The number of aryl methyl sites for hydroxylation is 2. The molecule has 4 rings (SSSR count). The summed E-state index contributed by atoms with van der Waals surface area (Å²) in [5.74, 6) is 0.000988. The predicted molar refractivity (Wildman–Crippen MR) is 106 cm³/mol. The van der Waals surface area contributed by atoms with E-state index >= 15 is 0 Å². The van der Waals surface area contributed by atoms with Gasteiger partial charge in [0.2, 0.25) is 5.91 Å². The third kappa shape index (κ3) is 3.12. The van der Waals surface area contributed by atoms with Gasteiger partial charge in [-0.15, -0.1) is 11.6 Å². The topological polar surface area (TPSA) is 36.1 Å². The van der Waals surface area contributed by atoms with Gasteiger partial charge >= 0.3 is 0 Å². The van der Waals surface area contributed by atoms with E-state index in [1.807, 2.05) is 23.1 Å². The van der Waals surface area contributed by atoms with E-state index in [1.165, 1.54) is 22.2 Å². The fraction of sp³-hybridized carbons (Fsp3) is 0.318. The fourth-order valence-electron chi connectivity index (χ4n) is 4.09. The highest BCUT2D eigenvalue weighted by Crippen LogP contribution is 2.39. The number of carbonyl (C=O) groups excluding carboxylic acids is 1. The molecule has 1 aliphatic carbocycles. The molecule has 3 nitrogen and oxygen atoms in total. The van der Waals surface area contributed by atoms with Crippen molar-refractivity contribution in [3.63, 3.8) is 0 Å². The molecule has 1 atom stereocenters. The van der Waals surface area contributed by atoms with Gasteiger partial charge in [0.05, 0.1) is 6.04 Å². The zero-order chi connectivity index (χ0) is 18.1. The summed E-state index contributed by atoms with van der Waals surface area (Å²) in [7, 11) is 0. The van der Waals surface area contributed by atoms with Crippen molar-refractivity contribution < 1.29 is 4.79 Å². The van der Waals surface area contributed by atoms with Crippen LogP contribution in [0.15, 0.2) is 48.5 Å². The van der Waals surface area contributed by atoms with Crippen molar-refractivity contribution in [2.75, 3.05) is 5.88 Å². The minimum absolute atomic E-state index is 0.0109. The van der Waals surface area contributed by atoms with Crippen LogP contribution in [0.2, 0.25) is 0 Å². The van der Waals surface area contributed by atoms with Crippen LogP contribution in [0.25, 0.3) is 10.9 Å². The molecule has 1 aliphatic rings. The van der Waals surface area contributed by atoms with E-state index in [4.69, 9.17) is 11.6 Å². The van der Waals surface area contributed by atoms with Gasteiger partial charge in [-0.3, -0.25) is 4.79 Å². The first-order valence-corrected chi connectivity index (χ1v) is 9.71. The molecule has 3 aromatic rings. The molecule has 0 spiro atoms. The molecular weight excluding hydrogens is 344 g/mol. The molecular formula is C22H23ClN2O. The van der Waals surface area contributed by atoms with E-state index in [0.29, 0.717) is 6.54 Å². The van der Waals surface area contributed by atoms with Gasteiger partial charge < -0.3 is 9.88 Å². The predicted octanol–water partition coefficient (Wildman–Crippen LogP) is 5.12. The molecule has 0 saturated carbocycles. The summed E-state index contributed by atoms with van der Waals surface area (Å²) in [6, 6.07) is 16.7. The summed E-state index contributed by atoms with van der Waals surface area (Å²) in [6.07, 6.45) is 3.11. The van der Waals surface area contributed by atoms with Gasteiger partial charge in [-0.25, -0.2) is 0 Å². The Morgan fingerprint density at radius 3 is 2.81 bits per heavy atom. The first kappa shape index (κ1) is 17.2. The van der Waals surface area contributed by atoms with Crippen LogP contribution in [-0.4, -0.2) is 21.7 Å². The van der Waals surface area contributed by atoms with Gasteiger partial charge in [0.1, 0.15) is 5.88 Å². The SMILES string of the molecule is Cc1ccc2[nH]c3c(c2c1)CCC[C@H]3N(Cc1ccccc1)C(=O)CCl. The van der Waals surface area contributed by atoms with Crippen molar-refractivity contribution >= 4 is 28.4 Å². The molecule has 1 amide bonds. The molecule has 4 heteroatoms. The molecule has 0 fully saturated rings. The molecule has 0 aliphatic heterocycles. The van der Waals surface area contributed by atoms with Gasteiger partial charge in [0.25, 0.3) is 0 Å². The molecule has 26 heavy (non-hydrogen) atoms. The number of rotatable bonds is 4. The van der Waals surface area contributed by atoms with Gasteiger partial charge in [0.15, 0.2) is 0 Å². The number of alkyl halides is 1. The summed E-state index contributed by atoms with van der Waals surface area (Å²) in [4.78, 5) is 18.2. The monoisotopic (exact) mass is 366 g/mol. The second-order valence-corrected chi connectivity index (χ2v) is 7.38. The molecule has 0 unspecified atom stereocenters. The lowest BCUT2D eigenvalue weighted by Crippen LogP contribution is -2.37. The third-order valence-corrected chi connectivity index (χ3v) is 5.57. The number of aromatic nitrogens is 1. The Bertz CT molecular complexity index is 932. The van der Waals surface area contributed by atoms with Crippen LogP contribution < -0.4 is 0 Å². The van der Waals surface area contributed by atoms with Crippen LogP contribution >= 0.6 is 11.6 Å². The number of carbonyl (C=O) groups is 1. The summed E-state index contributed by atoms with van der Waals surface area (Å²) < 4.78 is 0. The highest BCUT2D eigenvalue weighted by molar-refractivity contribution is 6.27. The van der Waals surface area contributed by atoms with Gasteiger partial charge in [0, 0.05) is 23.1 Å². The van der Waals surface area contributed by atoms with Crippen molar-refractivity contribution in [3.8, 4) is 0 Å². The zero-order valence-corrected chi connectivity index (χ0v) is 15.7. The Morgan fingerprint density at radius 2 is 2.04 bits per heavy atom. The van der Waals surface area contributed by atoms with Crippen LogP contribution in [0.1, 0.15) is 41.3 Å². The van der Waals surface area contributed by atoms with E-state index in [2.05, 4.69) is 42.2 Å². The summed E-state index contributed by atoms with van der Waals surface area (Å²) in [5.41, 5.74) is 6.10. The van der Waals surface area contributed by atoms with Crippen LogP contribution in [0, 0.1) is 6.92 Å². The maximum atomic E-state index is 12.7. The van der Waals surface area contributed by atoms with E-state index in [9.17, 15) is 4.79 Å². The van der Waals surface area contributed by atoms with Crippen molar-refractivity contribution in [2.24, 2.45) is 0 Å². The van der Waals surface area contributed by atoms with Crippen molar-refractivity contribution in [3.05, 3.63) is 70.9 Å². The maximum Gasteiger partial charge on any atom is 0.238 e. The minimum Gasteiger partial charge on any atom is -0.356 e. The molecule has 0 radical (unpaired) electrons. The van der Waals surface area contributed by atoms with Gasteiger partial charge in [-0.1, -0.05) is 42.0 Å². The minimum atomic E-state index is -0.0109. The Hall–Kier alpha value is -2.26. The number of nitrogens with one attached hydrogen (secondary N) is 1. The first-order valence-electron chi connectivity index (χ1n) is 9.18. The number of fused-ring (bicyclic) bond motifs is 3. The Kier molecular flexibility index (Phi) is 4.73. The Balaban J connectivity index is 1.76. The molecule has 1 aromatic heterocycles. The molecule has 0 bridgehead atoms. The van der Waals surface area contributed by atoms with Gasteiger partial charge in [-0.2, -0.15) is 0 Å². The number of aromatic amines is 1. The fourth-order valence-corrected chi connectivity index (χ4v) is 4.25. The molecule has 2 aromatic carbocycles. The number of amides is 1. The second kappa shape index (κ2) is 7.16. The van der Waals surface area contributed by atoms with E-state index in [1.54, 1.807) is 0 Å². The maximum absolute atomic E-state index is 12.7. The lowest BCUT2D eigenvalue weighted by molar-refractivity contribution is -0.132. The standard InChI is InChI=1S/C22H23ClN2O/c1-15-10-11-19-18(12-15)17-8-5-9-20(22(17)24-19)25(21(26)13-23)14-16-6-3-2-4-7-16/h2-4,6-7,10-12,20,24H,5,8-9,13-14H2,1H3/t20-/m1/s1. The summed E-state index contributed by atoms with van der Waals surface area (Å²) >= 11 is 5.96. The number of H-pyrrole nitrogens is 1. The van der Waals surface area contributed by atoms with Crippen LogP contribution in [-0.2, 0) is 17.8 Å². The number of nitrogens with zero attached hydrogens (tertiary/aromatic N) is 1. The Labute approximate surface area is 159 Å². The normalized spacial score (nSPS) is 16.5. The molecule has 134 valence electrons. The zero-order valence-electron chi connectivity index (χ0n) is 15.0. The van der Waals surface area contributed by atoms with Crippen molar-refractivity contribution in [1.82, 2.24) is 9.88 Å². The van der Waals surface area contributed by atoms with Gasteiger partial charge in [-0.05, 0) is 49.4 Å². The molecule has 0 saturated heterocycles. The number of hydrogen-bond donors (Lipinski definition) is 1. The van der Waals surface area contributed by atoms with E-state index < -0.39 is 0 Å².